The molecule has 2 amide bonds. The molecule has 1 N–H and O–H groups in total. The van der Waals surface area contributed by atoms with Crippen LogP contribution < -0.4 is 5.32 Å². The van der Waals surface area contributed by atoms with Crippen LogP contribution in [0.25, 0.3) is 0 Å². The highest BCUT2D eigenvalue weighted by atomic mass is 32.2. The lowest BCUT2D eigenvalue weighted by atomic mass is 10.2. The Morgan fingerprint density at radius 1 is 0.971 bits per heavy atom. The van der Waals surface area contributed by atoms with E-state index in [0.717, 1.165) is 16.0 Å². The van der Waals surface area contributed by atoms with Crippen molar-refractivity contribution in [3.8, 4) is 0 Å². The first-order chi connectivity index (χ1) is 16.6. The number of nitrogens with one attached hydrogen (secondary N) is 1. The van der Waals surface area contributed by atoms with Gasteiger partial charge in [-0.05, 0) is 67.6 Å². The van der Waals surface area contributed by atoms with Crippen molar-refractivity contribution in [1.29, 1.82) is 0 Å². The quantitative estimate of drug-likeness (QED) is 0.428. The van der Waals surface area contributed by atoms with Gasteiger partial charge in [0, 0.05) is 30.1 Å². The molecule has 0 saturated carbocycles. The van der Waals surface area contributed by atoms with Crippen LogP contribution in [0.4, 0.5) is 5.69 Å². The minimum atomic E-state index is -3.94. The Bertz CT molecular complexity index is 1250. The smallest absolute Gasteiger partial charge is 0.243 e. The molecule has 186 valence electrons. The lowest BCUT2D eigenvalue weighted by Gasteiger charge is -2.29. The number of sulfonamides is 1. The molecular weight excluding hydrogens is 482 g/mol. The zero-order chi connectivity index (χ0) is 25.6. The van der Waals surface area contributed by atoms with Crippen molar-refractivity contribution in [2.75, 3.05) is 11.9 Å². The second-order valence-corrected chi connectivity index (χ2v) is 11.5. The highest BCUT2D eigenvalue weighted by Crippen LogP contribution is 2.23. The van der Waals surface area contributed by atoms with E-state index in [1.54, 1.807) is 30.1 Å². The summed E-state index contributed by atoms with van der Waals surface area (Å²) in [4.78, 5) is 27.6. The van der Waals surface area contributed by atoms with Gasteiger partial charge in [0.05, 0.1) is 18.0 Å². The lowest BCUT2D eigenvalue weighted by Crippen LogP contribution is -2.45. The lowest BCUT2D eigenvalue weighted by molar-refractivity contribution is -0.132. The fourth-order valence-corrected chi connectivity index (χ4v) is 6.11. The van der Waals surface area contributed by atoms with Crippen LogP contribution in [0.15, 0.2) is 70.9 Å². The minimum absolute atomic E-state index is 0.0665. The number of amides is 2. The van der Waals surface area contributed by atoms with Crippen LogP contribution in [0.2, 0.25) is 0 Å². The Hall–Kier alpha value is -3.01. The molecule has 0 fully saturated rings. The van der Waals surface area contributed by atoms with Gasteiger partial charge in [-0.2, -0.15) is 4.31 Å². The van der Waals surface area contributed by atoms with Crippen LogP contribution >= 0.6 is 11.3 Å². The predicted octanol–water partition coefficient (Wildman–Crippen LogP) is 4.64. The van der Waals surface area contributed by atoms with E-state index >= 15 is 0 Å². The summed E-state index contributed by atoms with van der Waals surface area (Å²) >= 11 is 1.58. The molecule has 3 rings (SSSR count). The summed E-state index contributed by atoms with van der Waals surface area (Å²) in [5.41, 5.74) is 2.58. The van der Waals surface area contributed by atoms with E-state index in [-0.39, 0.29) is 23.3 Å². The second kappa shape index (κ2) is 11.6. The number of thiophene rings is 1. The largest absolute Gasteiger partial charge is 0.332 e. The summed E-state index contributed by atoms with van der Waals surface area (Å²) in [5.74, 6) is -0.511. The van der Waals surface area contributed by atoms with Gasteiger partial charge in [-0.15, -0.1) is 11.3 Å². The van der Waals surface area contributed by atoms with Gasteiger partial charge in [0.15, 0.2) is 0 Å². The first-order valence-electron chi connectivity index (χ1n) is 11.3. The van der Waals surface area contributed by atoms with E-state index in [2.05, 4.69) is 5.32 Å². The van der Waals surface area contributed by atoms with E-state index in [9.17, 15) is 18.0 Å². The van der Waals surface area contributed by atoms with Gasteiger partial charge in [-0.25, -0.2) is 8.42 Å². The van der Waals surface area contributed by atoms with Crippen molar-refractivity contribution in [3.05, 3.63) is 82.0 Å². The van der Waals surface area contributed by atoms with Crippen molar-refractivity contribution < 1.29 is 18.0 Å². The summed E-state index contributed by atoms with van der Waals surface area (Å²) in [7, 11) is -3.94. The Morgan fingerprint density at radius 3 is 2.17 bits per heavy atom. The van der Waals surface area contributed by atoms with Crippen molar-refractivity contribution in [2.24, 2.45) is 0 Å². The number of carbonyl (C=O) groups excluding carboxylic acids is 2. The number of benzene rings is 2. The molecule has 0 aliphatic heterocycles. The zero-order valence-corrected chi connectivity index (χ0v) is 22.0. The standard InChI is InChI=1S/C26H31N3O4S2/c1-19(2)29(35(32,33)24-12-10-23(11-13-24)27-21(4)30)18-26(31)28(16-22-8-6-5-7-9-22)17-25-20(3)14-15-34-25/h5-15,19H,16-18H2,1-4H3,(H,27,30). The molecule has 0 aliphatic carbocycles. The number of aryl methyl sites for hydroxylation is 1. The van der Waals surface area contributed by atoms with E-state index in [1.807, 2.05) is 48.7 Å². The highest BCUT2D eigenvalue weighted by Gasteiger charge is 2.31. The SMILES string of the molecule is CC(=O)Nc1ccc(S(=O)(=O)N(CC(=O)N(Cc2ccccc2)Cc2sccc2C)C(C)C)cc1. The number of anilines is 1. The van der Waals surface area contributed by atoms with E-state index in [4.69, 9.17) is 0 Å². The molecule has 35 heavy (non-hydrogen) atoms. The number of carbonyl (C=O) groups is 2. The van der Waals surface area contributed by atoms with E-state index in [0.29, 0.717) is 18.8 Å². The Balaban J connectivity index is 1.85. The van der Waals surface area contributed by atoms with Gasteiger partial charge in [-0.3, -0.25) is 9.59 Å². The van der Waals surface area contributed by atoms with Gasteiger partial charge in [0.1, 0.15) is 0 Å². The number of rotatable bonds is 10. The number of hydrogen-bond acceptors (Lipinski definition) is 5. The van der Waals surface area contributed by atoms with Crippen molar-refractivity contribution in [2.45, 2.75) is 51.7 Å². The fraction of sp³-hybridized carbons (Fsp3) is 0.308. The highest BCUT2D eigenvalue weighted by molar-refractivity contribution is 7.89. The van der Waals surface area contributed by atoms with Crippen LogP contribution in [0.5, 0.6) is 0 Å². The molecule has 0 radical (unpaired) electrons. The molecule has 1 heterocycles. The third-order valence-electron chi connectivity index (χ3n) is 5.52. The molecule has 3 aromatic rings. The van der Waals surface area contributed by atoms with Crippen molar-refractivity contribution >= 4 is 38.9 Å². The molecule has 0 atom stereocenters. The first kappa shape index (κ1) is 26.6. The van der Waals surface area contributed by atoms with Gasteiger partial charge in [-0.1, -0.05) is 30.3 Å². The van der Waals surface area contributed by atoms with Crippen molar-refractivity contribution in [3.63, 3.8) is 0 Å². The Morgan fingerprint density at radius 2 is 1.63 bits per heavy atom. The van der Waals surface area contributed by atoms with Gasteiger partial charge in [0.25, 0.3) is 0 Å². The molecule has 2 aromatic carbocycles. The number of nitrogens with zero attached hydrogens (tertiary/aromatic N) is 2. The molecule has 0 bridgehead atoms. The minimum Gasteiger partial charge on any atom is -0.332 e. The van der Waals surface area contributed by atoms with Gasteiger partial charge in [0.2, 0.25) is 21.8 Å². The summed E-state index contributed by atoms with van der Waals surface area (Å²) < 4.78 is 28.2. The summed E-state index contributed by atoms with van der Waals surface area (Å²) in [6.07, 6.45) is 0. The average Bonchev–Trinajstić information content (AvgIpc) is 3.21. The average molecular weight is 514 g/mol. The topological polar surface area (TPSA) is 86.8 Å². The van der Waals surface area contributed by atoms with E-state index < -0.39 is 16.1 Å². The summed E-state index contributed by atoms with van der Waals surface area (Å²) in [5, 5.41) is 4.62. The zero-order valence-electron chi connectivity index (χ0n) is 20.4. The maximum Gasteiger partial charge on any atom is 0.243 e. The Labute approximate surface area is 211 Å². The molecule has 0 unspecified atom stereocenters. The van der Waals surface area contributed by atoms with Crippen LogP contribution in [0.3, 0.4) is 0 Å². The summed E-state index contributed by atoms with van der Waals surface area (Å²) in [6, 6.07) is 17.2. The molecule has 0 saturated heterocycles. The predicted molar refractivity (Wildman–Crippen MR) is 140 cm³/mol. The van der Waals surface area contributed by atoms with Crippen LogP contribution in [-0.2, 0) is 32.7 Å². The third-order valence-corrected chi connectivity index (χ3v) is 8.56. The monoisotopic (exact) mass is 513 g/mol. The summed E-state index contributed by atoms with van der Waals surface area (Å²) in [6.45, 7) is 7.42. The molecule has 1 aromatic heterocycles. The first-order valence-corrected chi connectivity index (χ1v) is 13.6. The molecule has 7 nitrogen and oxygen atoms in total. The van der Waals surface area contributed by atoms with Crippen LogP contribution in [-0.4, -0.2) is 42.0 Å². The van der Waals surface area contributed by atoms with E-state index in [1.165, 1.54) is 35.5 Å². The number of hydrogen-bond donors (Lipinski definition) is 1. The van der Waals surface area contributed by atoms with Crippen LogP contribution in [0, 0.1) is 6.92 Å². The molecular formula is C26H31N3O4S2. The van der Waals surface area contributed by atoms with Crippen molar-refractivity contribution in [1.82, 2.24) is 9.21 Å². The molecule has 0 aliphatic rings. The fourth-order valence-electron chi connectivity index (χ4n) is 3.60. The van der Waals surface area contributed by atoms with Gasteiger partial charge < -0.3 is 10.2 Å². The second-order valence-electron chi connectivity index (χ2n) is 8.61. The molecule has 9 heteroatoms. The normalized spacial score (nSPS) is 11.6. The maximum atomic E-state index is 13.5. The third kappa shape index (κ3) is 7.00. The van der Waals surface area contributed by atoms with Gasteiger partial charge >= 0.3 is 0 Å². The molecule has 0 spiro atoms. The Kier molecular flexibility index (Phi) is 8.82. The van der Waals surface area contributed by atoms with Crippen LogP contribution in [0.1, 0.15) is 36.8 Å². The maximum absolute atomic E-state index is 13.5.